The third kappa shape index (κ3) is 3.78. The molecule has 18 heavy (non-hydrogen) atoms. The van der Waals surface area contributed by atoms with E-state index < -0.39 is 0 Å². The lowest BCUT2D eigenvalue weighted by molar-refractivity contribution is 0.0383. The van der Waals surface area contributed by atoms with Gasteiger partial charge in [-0.05, 0) is 34.5 Å². The normalized spacial score (nSPS) is 16.8. The second-order valence-corrected chi connectivity index (χ2v) is 6.65. The summed E-state index contributed by atoms with van der Waals surface area (Å²) in [6.07, 6.45) is 0. The van der Waals surface area contributed by atoms with Crippen molar-refractivity contribution in [2.75, 3.05) is 39.4 Å². The molecule has 1 fully saturated rings. The molecule has 0 atom stereocenters. The zero-order valence-corrected chi connectivity index (χ0v) is 12.8. The van der Waals surface area contributed by atoms with Gasteiger partial charge in [-0.1, -0.05) is 0 Å². The highest BCUT2D eigenvalue weighted by Gasteiger charge is 2.13. The first kappa shape index (κ1) is 14.0. The van der Waals surface area contributed by atoms with Gasteiger partial charge in [-0.2, -0.15) is 0 Å². The summed E-state index contributed by atoms with van der Waals surface area (Å²) in [5.74, 6) is 0.0158. The number of ether oxygens (including phenoxy) is 1. The van der Waals surface area contributed by atoms with Gasteiger partial charge in [-0.3, -0.25) is 9.69 Å². The van der Waals surface area contributed by atoms with Crippen LogP contribution in [0.1, 0.15) is 15.2 Å². The molecule has 0 bridgehead atoms. The number of nitrogens with zero attached hydrogens (tertiary/aromatic N) is 1. The number of hydrogen-bond acceptors (Lipinski definition) is 4. The van der Waals surface area contributed by atoms with Crippen molar-refractivity contribution in [1.82, 2.24) is 10.2 Å². The first-order chi connectivity index (χ1) is 8.66. The lowest BCUT2D eigenvalue weighted by atomic mass is 10.3. The summed E-state index contributed by atoms with van der Waals surface area (Å²) in [5, 5.41) is 2.95. The molecule has 0 radical (unpaired) electrons. The molecule has 0 aromatic carbocycles. The lowest BCUT2D eigenvalue weighted by Gasteiger charge is -2.26. The second-order valence-electron chi connectivity index (χ2n) is 4.28. The van der Waals surface area contributed by atoms with E-state index in [-0.39, 0.29) is 5.91 Å². The first-order valence-corrected chi connectivity index (χ1v) is 7.62. The van der Waals surface area contributed by atoms with Crippen molar-refractivity contribution in [2.24, 2.45) is 0 Å². The maximum Gasteiger partial charge on any atom is 0.261 e. The molecule has 2 rings (SSSR count). The van der Waals surface area contributed by atoms with Crippen LogP contribution >= 0.6 is 27.3 Å². The van der Waals surface area contributed by atoms with Gasteiger partial charge in [0.25, 0.3) is 5.91 Å². The predicted molar refractivity (Wildman–Crippen MR) is 76.3 cm³/mol. The Morgan fingerprint density at radius 1 is 1.56 bits per heavy atom. The third-order valence-corrected chi connectivity index (χ3v) is 5.03. The Kier molecular flexibility index (Phi) is 5.17. The number of carbonyl (C=O) groups is 1. The molecule has 1 amide bonds. The van der Waals surface area contributed by atoms with E-state index in [1.165, 1.54) is 11.3 Å². The number of halogens is 1. The average Bonchev–Trinajstić information content (AvgIpc) is 2.71. The van der Waals surface area contributed by atoms with Crippen molar-refractivity contribution < 1.29 is 9.53 Å². The van der Waals surface area contributed by atoms with Crippen LogP contribution in [0.15, 0.2) is 9.85 Å². The largest absolute Gasteiger partial charge is 0.379 e. The number of aryl methyl sites for hydroxylation is 1. The number of morpholine rings is 1. The van der Waals surface area contributed by atoms with Crippen molar-refractivity contribution in [3.8, 4) is 0 Å². The standard InChI is InChI=1S/C12H17BrN2O2S/c1-9-8-10(18-11(9)13)12(16)14-2-3-15-4-6-17-7-5-15/h8H,2-7H2,1H3,(H,14,16). The number of amides is 1. The number of nitrogens with one attached hydrogen (secondary N) is 1. The maximum absolute atomic E-state index is 11.9. The Bertz CT molecular complexity index is 397. The molecule has 1 aliphatic heterocycles. The highest BCUT2D eigenvalue weighted by molar-refractivity contribution is 9.11. The molecule has 0 spiro atoms. The smallest absolute Gasteiger partial charge is 0.261 e. The van der Waals surface area contributed by atoms with E-state index in [0.29, 0.717) is 6.54 Å². The molecule has 4 nitrogen and oxygen atoms in total. The van der Waals surface area contributed by atoms with Crippen LogP contribution in [0.5, 0.6) is 0 Å². The van der Waals surface area contributed by atoms with Crippen LogP contribution in [0, 0.1) is 6.92 Å². The molecule has 1 saturated heterocycles. The zero-order valence-electron chi connectivity index (χ0n) is 10.4. The fourth-order valence-electron chi connectivity index (χ4n) is 1.81. The van der Waals surface area contributed by atoms with Gasteiger partial charge < -0.3 is 10.1 Å². The Labute approximate surface area is 119 Å². The summed E-state index contributed by atoms with van der Waals surface area (Å²) in [7, 11) is 0. The van der Waals surface area contributed by atoms with E-state index in [1.54, 1.807) is 0 Å². The molecule has 6 heteroatoms. The van der Waals surface area contributed by atoms with Crippen LogP contribution in [-0.2, 0) is 4.74 Å². The Hall–Kier alpha value is -0.430. The molecule has 2 heterocycles. The minimum atomic E-state index is 0.0158. The van der Waals surface area contributed by atoms with Crippen LogP contribution in [0.4, 0.5) is 0 Å². The SMILES string of the molecule is Cc1cc(C(=O)NCCN2CCOCC2)sc1Br. The second kappa shape index (κ2) is 6.65. The van der Waals surface area contributed by atoms with E-state index in [1.807, 2.05) is 13.0 Å². The summed E-state index contributed by atoms with van der Waals surface area (Å²) in [6, 6.07) is 1.92. The zero-order chi connectivity index (χ0) is 13.0. The van der Waals surface area contributed by atoms with Gasteiger partial charge >= 0.3 is 0 Å². The van der Waals surface area contributed by atoms with Crippen LogP contribution in [-0.4, -0.2) is 50.2 Å². The summed E-state index contributed by atoms with van der Waals surface area (Å²) in [6.45, 7) is 7.08. The Balaban J connectivity index is 1.74. The Morgan fingerprint density at radius 3 is 2.89 bits per heavy atom. The van der Waals surface area contributed by atoms with E-state index in [0.717, 1.165) is 47.1 Å². The third-order valence-electron chi connectivity index (χ3n) is 2.90. The van der Waals surface area contributed by atoms with E-state index in [9.17, 15) is 4.79 Å². The van der Waals surface area contributed by atoms with Gasteiger partial charge in [-0.25, -0.2) is 0 Å². The maximum atomic E-state index is 11.9. The van der Waals surface area contributed by atoms with E-state index in [2.05, 4.69) is 26.1 Å². The summed E-state index contributed by atoms with van der Waals surface area (Å²) in [4.78, 5) is 15.0. The van der Waals surface area contributed by atoms with Crippen LogP contribution in [0.25, 0.3) is 0 Å². The molecule has 1 N–H and O–H groups in total. The fourth-order valence-corrected chi connectivity index (χ4v) is 3.26. The van der Waals surface area contributed by atoms with E-state index >= 15 is 0 Å². The van der Waals surface area contributed by atoms with Gasteiger partial charge in [0.15, 0.2) is 0 Å². The van der Waals surface area contributed by atoms with Crippen molar-refractivity contribution in [1.29, 1.82) is 0 Å². The molecule has 0 unspecified atom stereocenters. The summed E-state index contributed by atoms with van der Waals surface area (Å²) < 4.78 is 6.31. The highest BCUT2D eigenvalue weighted by Crippen LogP contribution is 2.27. The topological polar surface area (TPSA) is 41.6 Å². The Morgan fingerprint density at radius 2 is 2.28 bits per heavy atom. The van der Waals surface area contributed by atoms with Gasteiger partial charge in [0.2, 0.25) is 0 Å². The minimum Gasteiger partial charge on any atom is -0.379 e. The van der Waals surface area contributed by atoms with Crippen molar-refractivity contribution in [2.45, 2.75) is 6.92 Å². The lowest BCUT2D eigenvalue weighted by Crippen LogP contribution is -2.41. The van der Waals surface area contributed by atoms with Crippen molar-refractivity contribution in [3.63, 3.8) is 0 Å². The van der Waals surface area contributed by atoms with Crippen LogP contribution in [0.3, 0.4) is 0 Å². The fraction of sp³-hybridized carbons (Fsp3) is 0.583. The predicted octanol–water partition coefficient (Wildman–Crippen LogP) is 1.88. The molecule has 0 aliphatic carbocycles. The molecule has 100 valence electrons. The van der Waals surface area contributed by atoms with Gasteiger partial charge in [-0.15, -0.1) is 11.3 Å². The number of hydrogen-bond donors (Lipinski definition) is 1. The van der Waals surface area contributed by atoms with Gasteiger partial charge in [0, 0.05) is 26.2 Å². The average molecular weight is 333 g/mol. The number of carbonyl (C=O) groups excluding carboxylic acids is 1. The van der Waals surface area contributed by atoms with Crippen LogP contribution < -0.4 is 5.32 Å². The summed E-state index contributed by atoms with van der Waals surface area (Å²) >= 11 is 4.91. The molecule has 1 aromatic rings. The molecule has 1 aromatic heterocycles. The number of thiophene rings is 1. The molecule has 1 aliphatic rings. The minimum absolute atomic E-state index is 0.0158. The molecule has 0 saturated carbocycles. The molecular formula is C12H17BrN2O2S. The highest BCUT2D eigenvalue weighted by atomic mass is 79.9. The summed E-state index contributed by atoms with van der Waals surface area (Å²) in [5.41, 5.74) is 1.11. The number of rotatable bonds is 4. The van der Waals surface area contributed by atoms with Gasteiger partial charge in [0.05, 0.1) is 21.9 Å². The quantitative estimate of drug-likeness (QED) is 0.915. The monoisotopic (exact) mass is 332 g/mol. The van der Waals surface area contributed by atoms with Crippen LogP contribution in [0.2, 0.25) is 0 Å². The van der Waals surface area contributed by atoms with Gasteiger partial charge in [0.1, 0.15) is 0 Å². The van der Waals surface area contributed by atoms with Crippen molar-refractivity contribution >= 4 is 33.2 Å². The van der Waals surface area contributed by atoms with Crippen molar-refractivity contribution in [3.05, 3.63) is 20.3 Å². The van der Waals surface area contributed by atoms with E-state index in [4.69, 9.17) is 4.74 Å². The first-order valence-electron chi connectivity index (χ1n) is 6.01. The molecular weight excluding hydrogens is 316 g/mol.